The van der Waals surface area contributed by atoms with Gasteiger partial charge in [0.15, 0.2) is 0 Å². The third-order valence-electron chi connectivity index (χ3n) is 4.92. The molecule has 1 amide bonds. The Kier molecular flexibility index (Phi) is 7.79. The Hall–Kier alpha value is -3.18. The zero-order chi connectivity index (χ0) is 22.2. The first-order chi connectivity index (χ1) is 15.0. The van der Waals surface area contributed by atoms with Crippen LogP contribution in [0.15, 0.2) is 60.7 Å². The lowest BCUT2D eigenvalue weighted by Crippen LogP contribution is -2.16. The first-order valence-electron chi connectivity index (χ1n) is 10.7. The van der Waals surface area contributed by atoms with E-state index in [1.54, 1.807) is 0 Å². The lowest BCUT2D eigenvalue weighted by molar-refractivity contribution is 0.0663. The number of aryl methyl sites for hydroxylation is 2. The fourth-order valence-corrected chi connectivity index (χ4v) is 3.24. The standard InChI is InChI=1S/C26H30N2O3/c1-5-16-30-19(3)17-22-12-15-24(20(4)27-22)26(29)28-21-10-13-23(14-11-21)31-25-9-7-6-8-18(25)2/h6-15,19H,5,16-17H2,1-4H3,(H,28,29). The van der Waals surface area contributed by atoms with Gasteiger partial charge in [-0.3, -0.25) is 9.78 Å². The summed E-state index contributed by atoms with van der Waals surface area (Å²) in [5, 5.41) is 2.93. The van der Waals surface area contributed by atoms with Crippen LogP contribution in [0.3, 0.4) is 0 Å². The summed E-state index contributed by atoms with van der Waals surface area (Å²) in [5.74, 6) is 1.35. The molecule has 0 bridgehead atoms. The molecule has 1 unspecified atom stereocenters. The quantitative estimate of drug-likeness (QED) is 0.456. The lowest BCUT2D eigenvalue weighted by atomic mass is 10.1. The summed E-state index contributed by atoms with van der Waals surface area (Å²) >= 11 is 0. The second-order valence-corrected chi connectivity index (χ2v) is 7.67. The smallest absolute Gasteiger partial charge is 0.257 e. The van der Waals surface area contributed by atoms with Gasteiger partial charge in [-0.2, -0.15) is 0 Å². The van der Waals surface area contributed by atoms with E-state index in [4.69, 9.17) is 9.47 Å². The van der Waals surface area contributed by atoms with Gasteiger partial charge in [0, 0.05) is 24.4 Å². The van der Waals surface area contributed by atoms with Crippen molar-refractivity contribution < 1.29 is 14.3 Å². The predicted molar refractivity (Wildman–Crippen MR) is 124 cm³/mol. The minimum absolute atomic E-state index is 0.104. The van der Waals surface area contributed by atoms with Crippen LogP contribution in [0.25, 0.3) is 0 Å². The van der Waals surface area contributed by atoms with Gasteiger partial charge < -0.3 is 14.8 Å². The van der Waals surface area contributed by atoms with Crippen molar-refractivity contribution in [3.63, 3.8) is 0 Å². The van der Waals surface area contributed by atoms with Gasteiger partial charge in [-0.25, -0.2) is 0 Å². The van der Waals surface area contributed by atoms with Crippen LogP contribution in [0.5, 0.6) is 11.5 Å². The second-order valence-electron chi connectivity index (χ2n) is 7.67. The van der Waals surface area contributed by atoms with Crippen molar-refractivity contribution in [2.24, 2.45) is 0 Å². The van der Waals surface area contributed by atoms with E-state index in [9.17, 15) is 4.79 Å². The molecule has 0 spiro atoms. The topological polar surface area (TPSA) is 60.5 Å². The molecule has 3 aromatic rings. The molecule has 0 aliphatic carbocycles. The first kappa shape index (κ1) is 22.5. The van der Waals surface area contributed by atoms with E-state index >= 15 is 0 Å². The molecular formula is C26H30N2O3. The average Bonchev–Trinajstić information content (AvgIpc) is 2.75. The van der Waals surface area contributed by atoms with Crippen LogP contribution in [-0.2, 0) is 11.2 Å². The number of hydrogen-bond acceptors (Lipinski definition) is 4. The number of nitrogens with zero attached hydrogens (tertiary/aromatic N) is 1. The summed E-state index contributed by atoms with van der Waals surface area (Å²) in [6.45, 7) is 8.74. The summed E-state index contributed by atoms with van der Waals surface area (Å²) in [5.41, 5.74) is 3.96. The maximum absolute atomic E-state index is 12.7. The summed E-state index contributed by atoms with van der Waals surface area (Å²) in [4.78, 5) is 17.3. The van der Waals surface area contributed by atoms with E-state index in [0.29, 0.717) is 22.7 Å². The second kappa shape index (κ2) is 10.7. The highest BCUT2D eigenvalue weighted by atomic mass is 16.5. The Bertz CT molecular complexity index is 1020. The molecule has 162 valence electrons. The van der Waals surface area contributed by atoms with Crippen LogP contribution in [0, 0.1) is 13.8 Å². The average molecular weight is 419 g/mol. The van der Waals surface area contributed by atoms with E-state index in [1.165, 1.54) is 0 Å². The number of anilines is 1. The lowest BCUT2D eigenvalue weighted by Gasteiger charge is -2.13. The molecule has 1 N–H and O–H groups in total. The van der Waals surface area contributed by atoms with E-state index in [2.05, 4.69) is 17.2 Å². The number of carbonyl (C=O) groups is 1. The minimum Gasteiger partial charge on any atom is -0.457 e. The monoisotopic (exact) mass is 418 g/mol. The number of pyridine rings is 1. The Balaban J connectivity index is 1.61. The molecule has 0 saturated carbocycles. The normalized spacial score (nSPS) is 11.7. The van der Waals surface area contributed by atoms with E-state index < -0.39 is 0 Å². The van der Waals surface area contributed by atoms with Crippen molar-refractivity contribution in [2.75, 3.05) is 11.9 Å². The molecule has 1 atom stereocenters. The Morgan fingerprint density at radius 2 is 1.77 bits per heavy atom. The maximum atomic E-state index is 12.7. The zero-order valence-electron chi connectivity index (χ0n) is 18.6. The van der Waals surface area contributed by atoms with Crippen LogP contribution in [-0.4, -0.2) is 23.6 Å². The molecule has 5 heteroatoms. The van der Waals surface area contributed by atoms with Gasteiger partial charge in [0.1, 0.15) is 11.5 Å². The van der Waals surface area contributed by atoms with Gasteiger partial charge in [0.25, 0.3) is 5.91 Å². The van der Waals surface area contributed by atoms with E-state index in [1.807, 2.05) is 81.4 Å². The molecule has 2 aromatic carbocycles. The molecule has 0 saturated heterocycles. The van der Waals surface area contributed by atoms with E-state index in [0.717, 1.165) is 36.5 Å². The van der Waals surface area contributed by atoms with Crippen LogP contribution in [0.1, 0.15) is 47.6 Å². The largest absolute Gasteiger partial charge is 0.457 e. The summed E-state index contributed by atoms with van der Waals surface area (Å²) in [6, 6.07) is 18.9. The van der Waals surface area contributed by atoms with Crippen molar-refractivity contribution in [1.29, 1.82) is 0 Å². The fraction of sp³-hybridized carbons (Fsp3) is 0.308. The Labute approximate surface area is 184 Å². The number of nitrogens with one attached hydrogen (secondary N) is 1. The van der Waals surface area contributed by atoms with Crippen molar-refractivity contribution in [2.45, 2.75) is 46.6 Å². The molecule has 0 radical (unpaired) electrons. The van der Waals surface area contributed by atoms with Crippen molar-refractivity contribution in [3.8, 4) is 11.5 Å². The van der Waals surface area contributed by atoms with Gasteiger partial charge in [-0.05, 0) is 75.2 Å². The SMILES string of the molecule is CCCOC(C)Cc1ccc(C(=O)Nc2ccc(Oc3ccccc3C)cc2)c(C)n1. The number of carbonyl (C=O) groups excluding carboxylic acids is 1. The van der Waals surface area contributed by atoms with Gasteiger partial charge in [-0.15, -0.1) is 0 Å². The van der Waals surface area contributed by atoms with Crippen LogP contribution in [0.2, 0.25) is 0 Å². The third kappa shape index (κ3) is 6.40. The Morgan fingerprint density at radius 3 is 2.45 bits per heavy atom. The summed E-state index contributed by atoms with van der Waals surface area (Å²) in [7, 11) is 0. The molecule has 0 fully saturated rings. The van der Waals surface area contributed by atoms with Gasteiger partial charge >= 0.3 is 0 Å². The number of rotatable bonds is 9. The highest BCUT2D eigenvalue weighted by Crippen LogP contribution is 2.26. The third-order valence-corrected chi connectivity index (χ3v) is 4.92. The molecule has 5 nitrogen and oxygen atoms in total. The molecular weight excluding hydrogens is 388 g/mol. The summed E-state index contributed by atoms with van der Waals surface area (Å²) < 4.78 is 11.6. The van der Waals surface area contributed by atoms with E-state index in [-0.39, 0.29) is 12.0 Å². The molecule has 0 aliphatic heterocycles. The molecule has 3 rings (SSSR count). The maximum Gasteiger partial charge on any atom is 0.257 e. The van der Waals surface area contributed by atoms with Crippen molar-refractivity contribution in [1.82, 2.24) is 4.98 Å². The van der Waals surface area contributed by atoms with Crippen LogP contribution >= 0.6 is 0 Å². The van der Waals surface area contributed by atoms with Gasteiger partial charge in [-0.1, -0.05) is 25.1 Å². The fourth-order valence-electron chi connectivity index (χ4n) is 3.24. The number of hydrogen-bond donors (Lipinski definition) is 1. The van der Waals surface area contributed by atoms with Gasteiger partial charge in [0.05, 0.1) is 17.4 Å². The Morgan fingerprint density at radius 1 is 1.03 bits per heavy atom. The predicted octanol–water partition coefficient (Wildman–Crippen LogP) is 6.10. The number of aromatic nitrogens is 1. The molecule has 1 aromatic heterocycles. The number of para-hydroxylation sites is 1. The minimum atomic E-state index is -0.181. The number of benzene rings is 2. The first-order valence-corrected chi connectivity index (χ1v) is 10.7. The number of amides is 1. The zero-order valence-corrected chi connectivity index (χ0v) is 18.6. The highest BCUT2D eigenvalue weighted by Gasteiger charge is 2.13. The van der Waals surface area contributed by atoms with Crippen LogP contribution < -0.4 is 10.1 Å². The van der Waals surface area contributed by atoms with Gasteiger partial charge in [0.2, 0.25) is 0 Å². The van der Waals surface area contributed by atoms with Crippen molar-refractivity contribution >= 4 is 11.6 Å². The highest BCUT2D eigenvalue weighted by molar-refractivity contribution is 6.05. The molecule has 0 aliphatic rings. The van der Waals surface area contributed by atoms with Crippen molar-refractivity contribution in [3.05, 3.63) is 83.2 Å². The number of ether oxygens (including phenoxy) is 2. The molecule has 31 heavy (non-hydrogen) atoms. The van der Waals surface area contributed by atoms with Crippen LogP contribution in [0.4, 0.5) is 5.69 Å². The molecule has 1 heterocycles. The summed E-state index contributed by atoms with van der Waals surface area (Å²) in [6.07, 6.45) is 1.83.